The van der Waals surface area contributed by atoms with Crippen LogP contribution in [0.15, 0.2) is 6.07 Å². The number of pyridine rings is 1. The Labute approximate surface area is 130 Å². The van der Waals surface area contributed by atoms with Crippen LogP contribution in [0.1, 0.15) is 54.4 Å². The fraction of sp³-hybridized carbons (Fsp3) is 0.625. The predicted octanol–water partition coefficient (Wildman–Crippen LogP) is 1.71. The van der Waals surface area contributed by atoms with E-state index in [0.29, 0.717) is 23.5 Å². The molecule has 0 aromatic carbocycles. The number of hydrogen-bond acceptors (Lipinski definition) is 5. The van der Waals surface area contributed by atoms with E-state index in [4.69, 9.17) is 16.2 Å². The summed E-state index contributed by atoms with van der Waals surface area (Å²) in [5, 5.41) is 3.47. The largest absolute Gasteiger partial charge is 0.474 e. The molecule has 2 aliphatic rings. The van der Waals surface area contributed by atoms with E-state index in [-0.39, 0.29) is 6.10 Å². The Morgan fingerprint density at radius 1 is 1.27 bits per heavy atom. The quantitative estimate of drug-likeness (QED) is 0.768. The van der Waals surface area contributed by atoms with Gasteiger partial charge >= 0.3 is 0 Å². The first kappa shape index (κ1) is 15.1. The zero-order valence-electron chi connectivity index (χ0n) is 13.0. The summed E-state index contributed by atoms with van der Waals surface area (Å²) in [6.07, 6.45) is 6.34. The highest BCUT2D eigenvalue weighted by Crippen LogP contribution is 2.31. The number of amides is 1. The van der Waals surface area contributed by atoms with Crippen LogP contribution in [0, 0.1) is 6.92 Å². The third-order valence-electron chi connectivity index (χ3n) is 4.36. The fourth-order valence-corrected chi connectivity index (χ4v) is 2.81. The van der Waals surface area contributed by atoms with Gasteiger partial charge in [0.2, 0.25) is 5.88 Å². The van der Waals surface area contributed by atoms with Gasteiger partial charge < -0.3 is 21.5 Å². The molecular weight excluding hydrogens is 280 g/mol. The molecule has 1 amide bonds. The van der Waals surface area contributed by atoms with Gasteiger partial charge in [-0.15, -0.1) is 0 Å². The molecule has 0 unspecified atom stereocenters. The molecule has 0 aliphatic heterocycles. The van der Waals surface area contributed by atoms with E-state index >= 15 is 0 Å². The van der Waals surface area contributed by atoms with E-state index in [1.807, 2.05) is 6.92 Å². The molecule has 0 saturated heterocycles. The van der Waals surface area contributed by atoms with E-state index in [1.165, 1.54) is 0 Å². The van der Waals surface area contributed by atoms with Gasteiger partial charge in [0.25, 0.3) is 5.91 Å². The lowest BCUT2D eigenvalue weighted by atomic mass is 9.92. The van der Waals surface area contributed by atoms with Crippen molar-refractivity contribution in [2.75, 3.05) is 5.32 Å². The Balaban J connectivity index is 1.79. The minimum absolute atomic E-state index is 0.175. The van der Waals surface area contributed by atoms with Crippen LogP contribution in [-0.2, 0) is 0 Å². The van der Waals surface area contributed by atoms with Crippen molar-refractivity contribution >= 4 is 11.7 Å². The SMILES string of the molecule is Cc1cc(C(N)=O)c(OC2CC2)nc1NC1CCC(N)CC1. The van der Waals surface area contributed by atoms with Crippen molar-refractivity contribution < 1.29 is 9.53 Å². The van der Waals surface area contributed by atoms with Gasteiger partial charge in [0, 0.05) is 12.1 Å². The van der Waals surface area contributed by atoms with Crippen molar-refractivity contribution in [2.24, 2.45) is 11.5 Å². The monoisotopic (exact) mass is 304 g/mol. The van der Waals surface area contributed by atoms with Gasteiger partial charge in [-0.1, -0.05) is 0 Å². The summed E-state index contributed by atoms with van der Waals surface area (Å²) in [4.78, 5) is 16.1. The summed E-state index contributed by atoms with van der Waals surface area (Å²) in [6.45, 7) is 1.93. The second-order valence-corrected chi connectivity index (χ2v) is 6.44. The summed E-state index contributed by atoms with van der Waals surface area (Å²) >= 11 is 0. The fourth-order valence-electron chi connectivity index (χ4n) is 2.81. The van der Waals surface area contributed by atoms with Crippen molar-refractivity contribution in [3.8, 4) is 5.88 Å². The molecule has 1 aromatic heterocycles. The van der Waals surface area contributed by atoms with Crippen molar-refractivity contribution in [3.05, 3.63) is 17.2 Å². The topological polar surface area (TPSA) is 103 Å². The maximum atomic E-state index is 11.6. The molecular formula is C16H24N4O2. The summed E-state index contributed by atoms with van der Waals surface area (Å²) in [5.41, 5.74) is 12.7. The number of primary amides is 1. The summed E-state index contributed by atoms with van der Waals surface area (Å²) < 4.78 is 5.75. The van der Waals surface area contributed by atoms with Gasteiger partial charge in [-0.2, -0.15) is 4.98 Å². The van der Waals surface area contributed by atoms with Crippen LogP contribution in [0.25, 0.3) is 0 Å². The van der Waals surface area contributed by atoms with Crippen LogP contribution < -0.4 is 21.5 Å². The molecule has 0 bridgehead atoms. The predicted molar refractivity (Wildman–Crippen MR) is 85.0 cm³/mol. The molecule has 2 saturated carbocycles. The molecule has 6 heteroatoms. The molecule has 0 radical (unpaired) electrons. The molecule has 2 fully saturated rings. The maximum Gasteiger partial charge on any atom is 0.254 e. The van der Waals surface area contributed by atoms with Crippen molar-refractivity contribution in [1.29, 1.82) is 0 Å². The first-order valence-corrected chi connectivity index (χ1v) is 8.03. The number of carbonyl (C=O) groups is 1. The number of rotatable bonds is 5. The van der Waals surface area contributed by atoms with Gasteiger partial charge in [-0.25, -0.2) is 0 Å². The van der Waals surface area contributed by atoms with Gasteiger partial charge in [0.15, 0.2) is 0 Å². The number of ether oxygens (including phenoxy) is 1. The first-order chi connectivity index (χ1) is 10.5. The maximum absolute atomic E-state index is 11.6. The van der Waals surface area contributed by atoms with Gasteiger partial charge in [0.1, 0.15) is 17.5 Å². The Bertz CT molecular complexity index is 564. The number of hydrogen-bond donors (Lipinski definition) is 3. The van der Waals surface area contributed by atoms with Crippen LogP contribution in [0.5, 0.6) is 5.88 Å². The number of aryl methyl sites for hydroxylation is 1. The molecule has 22 heavy (non-hydrogen) atoms. The van der Waals surface area contributed by atoms with Crippen LogP contribution in [0.2, 0.25) is 0 Å². The first-order valence-electron chi connectivity index (χ1n) is 8.03. The number of aromatic nitrogens is 1. The average molecular weight is 304 g/mol. The summed E-state index contributed by atoms with van der Waals surface area (Å²) in [7, 11) is 0. The molecule has 6 nitrogen and oxygen atoms in total. The Morgan fingerprint density at radius 2 is 1.95 bits per heavy atom. The lowest BCUT2D eigenvalue weighted by molar-refractivity contribution is 0.0995. The minimum Gasteiger partial charge on any atom is -0.474 e. The van der Waals surface area contributed by atoms with Crippen molar-refractivity contribution in [1.82, 2.24) is 4.98 Å². The molecule has 120 valence electrons. The molecule has 1 heterocycles. The van der Waals surface area contributed by atoms with E-state index in [2.05, 4.69) is 10.3 Å². The highest BCUT2D eigenvalue weighted by Gasteiger charge is 2.27. The zero-order chi connectivity index (χ0) is 15.7. The van der Waals surface area contributed by atoms with Crippen LogP contribution in [-0.4, -0.2) is 29.1 Å². The van der Waals surface area contributed by atoms with Gasteiger partial charge in [-0.3, -0.25) is 4.79 Å². The number of nitrogens with zero attached hydrogens (tertiary/aromatic N) is 1. The minimum atomic E-state index is -0.499. The van der Waals surface area contributed by atoms with E-state index in [1.54, 1.807) is 6.07 Å². The lowest BCUT2D eigenvalue weighted by Crippen LogP contribution is -2.33. The molecule has 1 aromatic rings. The van der Waals surface area contributed by atoms with E-state index < -0.39 is 5.91 Å². The average Bonchev–Trinajstić information content (AvgIpc) is 3.28. The molecule has 0 atom stereocenters. The van der Waals surface area contributed by atoms with E-state index in [9.17, 15) is 4.79 Å². The third kappa shape index (κ3) is 3.50. The van der Waals surface area contributed by atoms with E-state index in [0.717, 1.165) is 49.9 Å². The van der Waals surface area contributed by atoms with Crippen LogP contribution in [0.3, 0.4) is 0 Å². The number of anilines is 1. The Kier molecular flexibility index (Phi) is 4.20. The molecule has 5 N–H and O–H groups in total. The highest BCUT2D eigenvalue weighted by molar-refractivity contribution is 5.95. The number of nitrogens with one attached hydrogen (secondary N) is 1. The van der Waals surface area contributed by atoms with Gasteiger partial charge in [-0.05, 0) is 57.1 Å². The summed E-state index contributed by atoms with van der Waals surface area (Å²) in [5.74, 6) is 0.637. The van der Waals surface area contributed by atoms with Crippen molar-refractivity contribution in [2.45, 2.75) is 63.6 Å². The Hall–Kier alpha value is -1.82. The lowest BCUT2D eigenvalue weighted by Gasteiger charge is -2.28. The normalized spacial score (nSPS) is 24.8. The summed E-state index contributed by atoms with van der Waals surface area (Å²) in [6, 6.07) is 2.46. The molecule has 0 spiro atoms. The van der Waals surface area contributed by atoms with Crippen LogP contribution >= 0.6 is 0 Å². The Morgan fingerprint density at radius 3 is 2.55 bits per heavy atom. The highest BCUT2D eigenvalue weighted by atomic mass is 16.5. The zero-order valence-corrected chi connectivity index (χ0v) is 13.0. The van der Waals surface area contributed by atoms with Crippen molar-refractivity contribution in [3.63, 3.8) is 0 Å². The number of carbonyl (C=O) groups excluding carboxylic acids is 1. The number of nitrogens with two attached hydrogens (primary N) is 2. The molecule has 3 rings (SSSR count). The molecule has 2 aliphatic carbocycles. The standard InChI is InChI=1S/C16H24N4O2/c1-9-8-13(14(18)21)16(22-12-6-7-12)20-15(9)19-11-4-2-10(17)3-5-11/h8,10-12H,2-7,17H2,1H3,(H2,18,21)(H,19,20). The third-order valence-corrected chi connectivity index (χ3v) is 4.36. The second kappa shape index (κ2) is 6.12. The van der Waals surface area contributed by atoms with Gasteiger partial charge in [0.05, 0.1) is 0 Å². The smallest absolute Gasteiger partial charge is 0.254 e. The van der Waals surface area contributed by atoms with Crippen LogP contribution in [0.4, 0.5) is 5.82 Å². The second-order valence-electron chi connectivity index (χ2n) is 6.44.